The highest BCUT2D eigenvalue weighted by atomic mass is 32.1. The van der Waals surface area contributed by atoms with Crippen molar-refractivity contribution in [2.45, 2.75) is 27.7 Å². The fourth-order valence-corrected chi connectivity index (χ4v) is 3.58. The summed E-state index contributed by atoms with van der Waals surface area (Å²) in [7, 11) is 0. The zero-order valence-electron chi connectivity index (χ0n) is 18.2. The molecule has 0 aromatic heterocycles. The molecule has 0 aliphatic carbocycles. The lowest BCUT2D eigenvalue weighted by Gasteiger charge is -2.31. The second-order valence-electron chi connectivity index (χ2n) is 7.16. The first-order valence-corrected chi connectivity index (χ1v) is 10.8. The van der Waals surface area contributed by atoms with E-state index in [1.165, 1.54) is 11.1 Å². The van der Waals surface area contributed by atoms with Gasteiger partial charge in [0.1, 0.15) is 11.5 Å². The van der Waals surface area contributed by atoms with Gasteiger partial charge in [0, 0.05) is 30.9 Å². The highest BCUT2D eigenvalue weighted by Gasteiger charge is 2.20. The summed E-state index contributed by atoms with van der Waals surface area (Å²) < 4.78 is 17.4. The molecule has 1 fully saturated rings. The molecule has 0 unspecified atom stereocenters. The van der Waals surface area contributed by atoms with Crippen molar-refractivity contribution in [2.24, 2.45) is 0 Å². The van der Waals surface area contributed by atoms with Crippen LogP contribution in [0.25, 0.3) is 0 Å². The molecule has 0 bridgehead atoms. The van der Waals surface area contributed by atoms with Gasteiger partial charge in [0.15, 0.2) is 5.11 Å². The van der Waals surface area contributed by atoms with Crippen molar-refractivity contribution in [1.29, 1.82) is 0 Å². The lowest BCUT2D eigenvalue weighted by atomic mass is 10.1. The Hall–Kier alpha value is -2.51. The molecule has 30 heavy (non-hydrogen) atoms. The number of anilines is 3. The molecule has 0 atom stereocenters. The third-order valence-corrected chi connectivity index (χ3v) is 5.23. The number of nitrogens with zero attached hydrogens (tertiary/aromatic N) is 1. The molecule has 2 N–H and O–H groups in total. The van der Waals surface area contributed by atoms with Gasteiger partial charge in [-0.15, -0.1) is 0 Å². The number of hydrogen-bond donors (Lipinski definition) is 2. The quantitative estimate of drug-likeness (QED) is 0.616. The van der Waals surface area contributed by atoms with Crippen molar-refractivity contribution in [3.63, 3.8) is 0 Å². The Morgan fingerprint density at radius 2 is 1.67 bits per heavy atom. The standard InChI is InChI=1S/C23H31N3O3S/c1-5-28-21-15-20(26-9-11-27-12-10-26)22(29-6-2)14-19(21)25-23(30)24-18-8-7-16(3)17(4)13-18/h7-8,13-15H,5-6,9-12H2,1-4H3,(H2,24,25,30). The number of hydrogen-bond acceptors (Lipinski definition) is 5. The van der Waals surface area contributed by atoms with Crippen molar-refractivity contribution >= 4 is 34.4 Å². The third kappa shape index (κ3) is 5.55. The van der Waals surface area contributed by atoms with Gasteiger partial charge in [0.05, 0.1) is 37.8 Å². The average Bonchev–Trinajstić information content (AvgIpc) is 2.73. The molecule has 0 saturated carbocycles. The molecular weight excluding hydrogens is 398 g/mol. The zero-order valence-corrected chi connectivity index (χ0v) is 19.0. The molecule has 2 aromatic carbocycles. The molecular formula is C23H31N3O3S. The molecule has 162 valence electrons. The predicted octanol–water partition coefficient (Wildman–Crippen LogP) is 4.75. The molecule has 0 amide bonds. The van der Waals surface area contributed by atoms with E-state index >= 15 is 0 Å². The van der Waals surface area contributed by atoms with Gasteiger partial charge in [-0.25, -0.2) is 0 Å². The SMILES string of the molecule is CCOc1cc(N2CCOCC2)c(OCC)cc1NC(=S)Nc1ccc(C)c(C)c1. The summed E-state index contributed by atoms with van der Waals surface area (Å²) in [6.45, 7) is 12.3. The molecule has 1 saturated heterocycles. The Balaban J connectivity index is 1.85. The maximum atomic E-state index is 5.95. The fourth-order valence-electron chi connectivity index (χ4n) is 3.35. The van der Waals surface area contributed by atoms with Gasteiger partial charge in [-0.1, -0.05) is 6.07 Å². The summed E-state index contributed by atoms with van der Waals surface area (Å²) in [6, 6.07) is 10.2. The van der Waals surface area contributed by atoms with E-state index in [4.69, 9.17) is 26.4 Å². The molecule has 0 spiro atoms. The summed E-state index contributed by atoms with van der Waals surface area (Å²) >= 11 is 5.56. The van der Waals surface area contributed by atoms with Gasteiger partial charge in [-0.3, -0.25) is 0 Å². The van der Waals surface area contributed by atoms with Gasteiger partial charge < -0.3 is 29.7 Å². The number of benzene rings is 2. The van der Waals surface area contributed by atoms with E-state index in [-0.39, 0.29) is 0 Å². The van der Waals surface area contributed by atoms with Crippen LogP contribution in [0.15, 0.2) is 30.3 Å². The van der Waals surface area contributed by atoms with Crippen molar-refractivity contribution < 1.29 is 14.2 Å². The summed E-state index contributed by atoms with van der Waals surface area (Å²) in [6.07, 6.45) is 0. The number of rotatable bonds is 7. The normalized spacial score (nSPS) is 13.7. The Kier molecular flexibility index (Phi) is 7.76. The minimum Gasteiger partial charge on any atom is -0.492 e. The predicted molar refractivity (Wildman–Crippen MR) is 128 cm³/mol. The highest BCUT2D eigenvalue weighted by Crippen LogP contribution is 2.39. The zero-order chi connectivity index (χ0) is 21.5. The van der Waals surface area contributed by atoms with E-state index in [1.54, 1.807) is 0 Å². The van der Waals surface area contributed by atoms with Crippen LogP contribution in [-0.2, 0) is 4.74 Å². The van der Waals surface area contributed by atoms with Crippen LogP contribution < -0.4 is 25.0 Å². The number of thiocarbonyl (C=S) groups is 1. The van der Waals surface area contributed by atoms with E-state index in [9.17, 15) is 0 Å². The molecule has 3 rings (SSSR count). The molecule has 1 heterocycles. The van der Waals surface area contributed by atoms with E-state index in [2.05, 4.69) is 41.5 Å². The second kappa shape index (κ2) is 10.5. The molecule has 1 aliphatic heterocycles. The maximum absolute atomic E-state index is 5.95. The van der Waals surface area contributed by atoms with E-state index in [1.807, 2.05) is 32.0 Å². The smallest absolute Gasteiger partial charge is 0.175 e. The van der Waals surface area contributed by atoms with Gasteiger partial charge in [0.25, 0.3) is 0 Å². The monoisotopic (exact) mass is 429 g/mol. The van der Waals surface area contributed by atoms with Crippen molar-refractivity contribution in [3.8, 4) is 11.5 Å². The van der Waals surface area contributed by atoms with Gasteiger partial charge >= 0.3 is 0 Å². The van der Waals surface area contributed by atoms with E-state index in [0.717, 1.165) is 41.7 Å². The van der Waals surface area contributed by atoms with Gasteiger partial charge in [-0.2, -0.15) is 0 Å². The summed E-state index contributed by atoms with van der Waals surface area (Å²) in [5.41, 5.74) is 5.20. The first-order valence-electron chi connectivity index (χ1n) is 10.4. The van der Waals surface area contributed by atoms with Crippen LogP contribution in [0, 0.1) is 13.8 Å². The minimum absolute atomic E-state index is 0.501. The lowest BCUT2D eigenvalue weighted by Crippen LogP contribution is -2.36. The Morgan fingerprint density at radius 3 is 2.33 bits per heavy atom. The summed E-state index contributed by atoms with van der Waals surface area (Å²) in [4.78, 5) is 2.27. The van der Waals surface area contributed by atoms with Crippen LogP contribution in [0.3, 0.4) is 0 Å². The minimum atomic E-state index is 0.501. The van der Waals surface area contributed by atoms with Crippen LogP contribution in [0.1, 0.15) is 25.0 Å². The molecule has 7 heteroatoms. The van der Waals surface area contributed by atoms with E-state index < -0.39 is 0 Å². The van der Waals surface area contributed by atoms with Crippen molar-refractivity contribution in [3.05, 3.63) is 41.5 Å². The molecule has 6 nitrogen and oxygen atoms in total. The topological polar surface area (TPSA) is 55.0 Å². The first-order chi connectivity index (χ1) is 14.5. The van der Waals surface area contributed by atoms with Crippen LogP contribution in [0.5, 0.6) is 11.5 Å². The number of ether oxygens (including phenoxy) is 3. The highest BCUT2D eigenvalue weighted by molar-refractivity contribution is 7.80. The largest absolute Gasteiger partial charge is 0.492 e. The van der Waals surface area contributed by atoms with Crippen LogP contribution >= 0.6 is 12.2 Å². The summed E-state index contributed by atoms with van der Waals surface area (Å²) in [5, 5.41) is 7.03. The van der Waals surface area contributed by atoms with E-state index in [0.29, 0.717) is 31.5 Å². The van der Waals surface area contributed by atoms with Gasteiger partial charge in [-0.05, 0) is 63.2 Å². The fraction of sp³-hybridized carbons (Fsp3) is 0.435. The van der Waals surface area contributed by atoms with Crippen LogP contribution in [0.4, 0.5) is 17.1 Å². The average molecular weight is 430 g/mol. The van der Waals surface area contributed by atoms with Crippen LogP contribution in [-0.4, -0.2) is 44.6 Å². The molecule has 0 radical (unpaired) electrons. The third-order valence-electron chi connectivity index (χ3n) is 5.03. The second-order valence-corrected chi connectivity index (χ2v) is 7.57. The van der Waals surface area contributed by atoms with Crippen molar-refractivity contribution in [1.82, 2.24) is 0 Å². The lowest BCUT2D eigenvalue weighted by molar-refractivity contribution is 0.122. The Morgan fingerprint density at radius 1 is 0.967 bits per heavy atom. The maximum Gasteiger partial charge on any atom is 0.175 e. The Bertz CT molecular complexity index is 882. The van der Waals surface area contributed by atoms with Gasteiger partial charge in [0.2, 0.25) is 0 Å². The summed E-state index contributed by atoms with van der Waals surface area (Å²) in [5.74, 6) is 1.55. The molecule has 1 aliphatic rings. The first kappa shape index (κ1) is 22.2. The number of nitrogens with one attached hydrogen (secondary N) is 2. The van der Waals surface area contributed by atoms with Crippen molar-refractivity contribution in [2.75, 3.05) is 55.1 Å². The number of aryl methyl sites for hydroxylation is 2. The van der Waals surface area contributed by atoms with Crippen LogP contribution in [0.2, 0.25) is 0 Å². The Labute approximate surface area is 184 Å². The molecule has 2 aromatic rings. The number of morpholine rings is 1.